The van der Waals surface area contributed by atoms with Gasteiger partial charge in [-0.25, -0.2) is 9.59 Å². The largest absolute Gasteiger partial charge is 0.504 e. The van der Waals surface area contributed by atoms with E-state index in [0.717, 1.165) is 11.1 Å². The van der Waals surface area contributed by atoms with Crippen LogP contribution in [0.25, 0.3) is 6.08 Å². The Labute approximate surface area is 256 Å². The number of aromatic hydroxyl groups is 1. The summed E-state index contributed by atoms with van der Waals surface area (Å²) in [5.74, 6) is -0.222. The highest BCUT2D eigenvalue weighted by Gasteiger charge is 2.25. The minimum Gasteiger partial charge on any atom is -0.504 e. The van der Waals surface area contributed by atoms with Gasteiger partial charge in [-0.2, -0.15) is 0 Å². The van der Waals surface area contributed by atoms with Gasteiger partial charge in [-0.15, -0.1) is 0 Å². The molecule has 0 amide bonds. The maximum absolute atomic E-state index is 12.9. The summed E-state index contributed by atoms with van der Waals surface area (Å²) in [6, 6.07) is 29.4. The molecule has 0 aliphatic carbocycles. The Balaban J connectivity index is 1.52. The van der Waals surface area contributed by atoms with Crippen molar-refractivity contribution in [2.45, 2.75) is 25.7 Å². The number of hydrogen-bond donors (Lipinski definition) is 1. The van der Waals surface area contributed by atoms with Gasteiger partial charge < -0.3 is 28.8 Å². The lowest BCUT2D eigenvalue weighted by atomic mass is 10.1. The third kappa shape index (κ3) is 9.52. The van der Waals surface area contributed by atoms with E-state index in [0.29, 0.717) is 35.8 Å². The number of esters is 2. The second kappa shape index (κ2) is 16.2. The Morgan fingerprint density at radius 2 is 1.45 bits per heavy atom. The average Bonchev–Trinajstić information content (AvgIpc) is 3.06. The van der Waals surface area contributed by atoms with Gasteiger partial charge in [0.05, 0.1) is 7.11 Å². The monoisotopic (exact) mass is 594 g/mol. The number of phenols is 1. The first-order valence-corrected chi connectivity index (χ1v) is 13.9. The van der Waals surface area contributed by atoms with Crippen LogP contribution < -0.4 is 14.2 Å². The van der Waals surface area contributed by atoms with E-state index in [2.05, 4.69) is 6.58 Å². The highest BCUT2D eigenvalue weighted by molar-refractivity contribution is 5.89. The van der Waals surface area contributed by atoms with Crippen molar-refractivity contribution in [3.05, 3.63) is 138 Å². The van der Waals surface area contributed by atoms with Crippen LogP contribution in [-0.4, -0.2) is 36.9 Å². The van der Waals surface area contributed by atoms with E-state index < -0.39 is 18.0 Å². The fourth-order valence-electron chi connectivity index (χ4n) is 4.14. The molecule has 0 radical (unpaired) electrons. The minimum absolute atomic E-state index is 0.0270. The highest BCUT2D eigenvalue weighted by Crippen LogP contribution is 2.31. The molecule has 0 aliphatic rings. The molecule has 1 unspecified atom stereocenters. The van der Waals surface area contributed by atoms with Crippen molar-refractivity contribution in [1.82, 2.24) is 0 Å². The maximum atomic E-state index is 12.9. The Hall–Kier alpha value is -5.50. The van der Waals surface area contributed by atoms with Crippen LogP contribution in [0.4, 0.5) is 0 Å². The van der Waals surface area contributed by atoms with Crippen LogP contribution in [0.3, 0.4) is 0 Å². The summed E-state index contributed by atoms with van der Waals surface area (Å²) in [5, 5.41) is 9.80. The zero-order valence-corrected chi connectivity index (χ0v) is 24.4. The number of ether oxygens (including phenoxy) is 5. The quantitative estimate of drug-likeness (QED) is 0.0952. The molecule has 0 heterocycles. The molecule has 8 heteroatoms. The molecule has 0 fully saturated rings. The number of benzene rings is 4. The van der Waals surface area contributed by atoms with Crippen LogP contribution in [0.5, 0.6) is 23.0 Å². The first kappa shape index (κ1) is 31.4. The fourth-order valence-corrected chi connectivity index (χ4v) is 4.14. The van der Waals surface area contributed by atoms with E-state index >= 15 is 0 Å². The molecular weight excluding hydrogens is 560 g/mol. The van der Waals surface area contributed by atoms with Crippen LogP contribution in [0, 0.1) is 0 Å². The summed E-state index contributed by atoms with van der Waals surface area (Å²) in [6.45, 7) is 4.18. The molecule has 1 N–H and O–H groups in total. The van der Waals surface area contributed by atoms with Crippen LogP contribution in [-0.2, 0) is 38.7 Å². The van der Waals surface area contributed by atoms with E-state index in [9.17, 15) is 14.7 Å². The smallest absolute Gasteiger partial charge is 0.348 e. The lowest BCUT2D eigenvalue weighted by molar-refractivity contribution is -0.164. The van der Waals surface area contributed by atoms with Gasteiger partial charge in [0.25, 0.3) is 0 Å². The summed E-state index contributed by atoms with van der Waals surface area (Å²) in [5.41, 5.74) is 3.24. The van der Waals surface area contributed by atoms with E-state index in [1.54, 1.807) is 30.3 Å². The summed E-state index contributed by atoms with van der Waals surface area (Å²) in [4.78, 5) is 25.6. The normalized spacial score (nSPS) is 11.4. The molecule has 0 bridgehead atoms. The molecule has 226 valence electrons. The molecule has 0 spiro atoms. The molecular formula is C36H34O8. The van der Waals surface area contributed by atoms with Crippen LogP contribution >= 0.6 is 0 Å². The number of hydrogen-bond acceptors (Lipinski definition) is 8. The van der Waals surface area contributed by atoms with E-state index in [1.165, 1.54) is 31.4 Å². The van der Waals surface area contributed by atoms with Crippen molar-refractivity contribution in [1.29, 1.82) is 0 Å². The summed E-state index contributed by atoms with van der Waals surface area (Å²) >= 11 is 0. The van der Waals surface area contributed by atoms with E-state index in [4.69, 9.17) is 23.7 Å². The summed E-state index contributed by atoms with van der Waals surface area (Å²) < 4.78 is 28.1. The van der Waals surface area contributed by atoms with Gasteiger partial charge in [0.15, 0.2) is 23.0 Å². The Morgan fingerprint density at radius 3 is 2.09 bits per heavy atom. The van der Waals surface area contributed by atoms with Gasteiger partial charge >= 0.3 is 11.9 Å². The summed E-state index contributed by atoms with van der Waals surface area (Å²) in [7, 11) is 1.43. The second-order valence-corrected chi connectivity index (χ2v) is 9.64. The molecule has 1 atom stereocenters. The fraction of sp³-hybridized carbons (Fsp3) is 0.167. The van der Waals surface area contributed by atoms with Crippen molar-refractivity contribution in [3.8, 4) is 23.0 Å². The van der Waals surface area contributed by atoms with Crippen molar-refractivity contribution in [2.75, 3.05) is 13.7 Å². The van der Waals surface area contributed by atoms with Crippen molar-refractivity contribution < 1.29 is 38.4 Å². The number of rotatable bonds is 15. The van der Waals surface area contributed by atoms with Gasteiger partial charge in [-0.05, 0) is 52.6 Å². The first-order valence-electron chi connectivity index (χ1n) is 13.9. The van der Waals surface area contributed by atoms with Gasteiger partial charge in [0.2, 0.25) is 6.10 Å². The standard InChI is InChI=1S/C36H34O8/c1-3-20-41-36(39)34(44-35(38)19-16-26-14-17-30(37)32(21-26)40-2)23-29-15-18-31(42-24-27-10-6-4-7-11-27)33(22-29)43-25-28-12-8-5-9-13-28/h3-19,21-22,34,37H,1,20,23-25H2,2H3/b19-16+. The van der Waals surface area contributed by atoms with Crippen LogP contribution in [0.1, 0.15) is 22.3 Å². The van der Waals surface area contributed by atoms with Gasteiger partial charge in [-0.3, -0.25) is 0 Å². The topological polar surface area (TPSA) is 101 Å². The molecule has 0 saturated carbocycles. The van der Waals surface area contributed by atoms with E-state index in [-0.39, 0.29) is 24.5 Å². The third-order valence-corrected chi connectivity index (χ3v) is 6.38. The van der Waals surface area contributed by atoms with Gasteiger partial charge in [0.1, 0.15) is 19.8 Å². The average molecular weight is 595 g/mol. The number of methoxy groups -OCH3 is 1. The number of phenolic OH excluding ortho intramolecular Hbond substituents is 1. The van der Waals surface area contributed by atoms with E-state index in [1.807, 2.05) is 60.7 Å². The lowest BCUT2D eigenvalue weighted by Crippen LogP contribution is -2.31. The molecule has 0 saturated heterocycles. The molecule has 4 aromatic carbocycles. The van der Waals surface area contributed by atoms with Crippen LogP contribution in [0.2, 0.25) is 0 Å². The highest BCUT2D eigenvalue weighted by atomic mass is 16.6. The first-order chi connectivity index (χ1) is 21.4. The predicted octanol–water partition coefficient (Wildman–Crippen LogP) is 6.46. The van der Waals surface area contributed by atoms with Crippen LogP contribution in [0.15, 0.2) is 116 Å². The minimum atomic E-state index is -1.24. The van der Waals surface area contributed by atoms with Crippen molar-refractivity contribution in [3.63, 3.8) is 0 Å². The van der Waals surface area contributed by atoms with Gasteiger partial charge in [-0.1, -0.05) is 85.5 Å². The maximum Gasteiger partial charge on any atom is 0.348 e. The Kier molecular flexibility index (Phi) is 11.6. The summed E-state index contributed by atoms with van der Waals surface area (Å²) in [6.07, 6.45) is 2.91. The lowest BCUT2D eigenvalue weighted by Gasteiger charge is -2.18. The third-order valence-electron chi connectivity index (χ3n) is 6.38. The molecule has 44 heavy (non-hydrogen) atoms. The predicted molar refractivity (Wildman–Crippen MR) is 166 cm³/mol. The molecule has 0 aliphatic heterocycles. The Bertz CT molecular complexity index is 1560. The second-order valence-electron chi connectivity index (χ2n) is 9.64. The Morgan fingerprint density at radius 1 is 0.795 bits per heavy atom. The van der Waals surface area contributed by atoms with Gasteiger partial charge in [0, 0.05) is 12.5 Å². The van der Waals surface area contributed by atoms with Crippen molar-refractivity contribution >= 4 is 18.0 Å². The molecule has 0 aromatic heterocycles. The SMILES string of the molecule is C=CCOC(=O)C(Cc1ccc(OCc2ccccc2)c(OCc2ccccc2)c1)OC(=O)/C=C/c1ccc(O)c(OC)c1. The number of carbonyl (C=O) groups is 2. The number of carbonyl (C=O) groups excluding carboxylic acids is 2. The zero-order chi connectivity index (χ0) is 31.1. The zero-order valence-electron chi connectivity index (χ0n) is 24.4. The molecule has 4 rings (SSSR count). The van der Waals surface area contributed by atoms with Crippen molar-refractivity contribution in [2.24, 2.45) is 0 Å². The molecule has 8 nitrogen and oxygen atoms in total. The molecule has 4 aromatic rings.